The maximum Gasteiger partial charge on any atom is 0.204 e. The second kappa shape index (κ2) is 3.46. The first-order valence-corrected chi connectivity index (χ1v) is 5.36. The molecule has 0 N–H and O–H groups in total. The van der Waals surface area contributed by atoms with Crippen LogP contribution in [0.25, 0.3) is 0 Å². The van der Waals surface area contributed by atoms with E-state index in [1.54, 1.807) is 0 Å². The van der Waals surface area contributed by atoms with Gasteiger partial charge in [0.25, 0.3) is 0 Å². The molecule has 14 heavy (non-hydrogen) atoms. The third kappa shape index (κ3) is 1.87. The lowest BCUT2D eigenvalue weighted by Gasteiger charge is -2.35. The summed E-state index contributed by atoms with van der Waals surface area (Å²) in [6.45, 7) is 7.95. The molecule has 0 aromatic carbocycles. The van der Waals surface area contributed by atoms with Crippen molar-refractivity contribution < 1.29 is 9.47 Å². The Bertz CT molecular complexity index is 248. The fraction of sp³-hybridized carbons (Fsp3) is 0.818. The molecule has 0 amide bonds. The van der Waals surface area contributed by atoms with Crippen molar-refractivity contribution in [3.63, 3.8) is 0 Å². The molecule has 2 aliphatic rings. The second-order valence-electron chi connectivity index (χ2n) is 4.60. The van der Waals surface area contributed by atoms with Crippen molar-refractivity contribution in [2.45, 2.75) is 45.4 Å². The monoisotopic (exact) mass is 197 g/mol. The van der Waals surface area contributed by atoms with Gasteiger partial charge in [0.2, 0.25) is 5.79 Å². The Morgan fingerprint density at radius 3 is 2.79 bits per heavy atom. The molecule has 0 radical (unpaired) electrons. The van der Waals surface area contributed by atoms with Gasteiger partial charge in [-0.25, -0.2) is 0 Å². The minimum Gasteiger partial charge on any atom is -0.469 e. The highest BCUT2D eigenvalue weighted by Gasteiger charge is 2.29. The third-order valence-corrected chi connectivity index (χ3v) is 2.97. The molecule has 2 aliphatic heterocycles. The number of rotatable bonds is 1. The molecule has 3 heteroatoms. The van der Waals surface area contributed by atoms with Gasteiger partial charge in [-0.3, -0.25) is 0 Å². The Morgan fingerprint density at radius 1 is 1.50 bits per heavy atom. The average Bonchev–Trinajstić information content (AvgIpc) is 2.52. The zero-order valence-corrected chi connectivity index (χ0v) is 9.25. The summed E-state index contributed by atoms with van der Waals surface area (Å²) in [5.74, 6) is -0.452. The summed E-state index contributed by atoms with van der Waals surface area (Å²) in [6.07, 6.45) is 4.42. The van der Waals surface area contributed by atoms with Crippen LogP contribution in [0, 0.1) is 0 Å². The fourth-order valence-corrected chi connectivity index (χ4v) is 2.04. The molecule has 0 bridgehead atoms. The lowest BCUT2D eigenvalue weighted by atomic mass is 10.2. The number of likely N-dealkylation sites (tertiary alicyclic amines) is 1. The normalized spacial score (nSPS) is 31.2. The first kappa shape index (κ1) is 9.84. The van der Waals surface area contributed by atoms with Crippen LogP contribution in [0.2, 0.25) is 0 Å². The topological polar surface area (TPSA) is 21.7 Å². The van der Waals surface area contributed by atoms with Crippen LogP contribution in [0.5, 0.6) is 0 Å². The smallest absolute Gasteiger partial charge is 0.204 e. The van der Waals surface area contributed by atoms with Crippen LogP contribution < -0.4 is 0 Å². The zero-order valence-electron chi connectivity index (χ0n) is 9.25. The summed E-state index contributed by atoms with van der Waals surface area (Å²) >= 11 is 0. The fourth-order valence-electron chi connectivity index (χ4n) is 2.04. The summed E-state index contributed by atoms with van der Waals surface area (Å²) in [6, 6.07) is 0.634. The van der Waals surface area contributed by atoms with E-state index in [1.165, 1.54) is 18.5 Å². The van der Waals surface area contributed by atoms with Crippen molar-refractivity contribution in [2.75, 3.05) is 13.2 Å². The average molecular weight is 197 g/mol. The van der Waals surface area contributed by atoms with Crippen LogP contribution in [0.1, 0.15) is 33.6 Å². The highest BCUT2D eigenvalue weighted by atomic mass is 16.7. The minimum atomic E-state index is -0.452. The number of hydrogen-bond donors (Lipinski definition) is 0. The summed E-state index contributed by atoms with van der Waals surface area (Å²) in [5.41, 5.74) is 1.19. The van der Waals surface area contributed by atoms with E-state index in [1.807, 2.05) is 20.1 Å². The van der Waals surface area contributed by atoms with Crippen molar-refractivity contribution in [2.24, 2.45) is 0 Å². The molecule has 3 nitrogen and oxygen atoms in total. The van der Waals surface area contributed by atoms with E-state index in [-0.39, 0.29) is 0 Å². The molecule has 1 atom stereocenters. The predicted molar refractivity (Wildman–Crippen MR) is 54.6 cm³/mol. The lowest BCUT2D eigenvalue weighted by molar-refractivity contribution is -0.194. The standard InChI is InChI=1S/C11H19NO2/c1-9-5-4-6-12(9)10-7-13-11(2,3)14-8-10/h7,9H,4-6,8H2,1-3H3/t9-/m1/s1. The van der Waals surface area contributed by atoms with E-state index < -0.39 is 5.79 Å². The second-order valence-corrected chi connectivity index (χ2v) is 4.60. The van der Waals surface area contributed by atoms with Crippen molar-refractivity contribution in [1.82, 2.24) is 4.90 Å². The molecule has 2 heterocycles. The van der Waals surface area contributed by atoms with Gasteiger partial charge >= 0.3 is 0 Å². The maximum absolute atomic E-state index is 5.61. The van der Waals surface area contributed by atoms with Crippen molar-refractivity contribution >= 4 is 0 Å². The SMILES string of the molecule is C[C@@H]1CCCN1C1=COC(C)(C)OC1. The van der Waals surface area contributed by atoms with E-state index in [0.29, 0.717) is 12.6 Å². The van der Waals surface area contributed by atoms with Crippen LogP contribution in [-0.2, 0) is 9.47 Å². The molecule has 0 aromatic rings. The molecule has 0 aromatic heterocycles. The molecule has 2 rings (SSSR count). The first-order valence-electron chi connectivity index (χ1n) is 5.36. The molecule has 1 fully saturated rings. The first-order chi connectivity index (χ1) is 6.58. The molecule has 0 unspecified atom stereocenters. The highest BCUT2D eigenvalue weighted by molar-refractivity contribution is 5.04. The Kier molecular flexibility index (Phi) is 2.43. The van der Waals surface area contributed by atoms with Crippen molar-refractivity contribution in [1.29, 1.82) is 0 Å². The molecule has 0 saturated carbocycles. The lowest BCUT2D eigenvalue weighted by Crippen LogP contribution is -2.37. The Hall–Kier alpha value is -0.700. The van der Waals surface area contributed by atoms with Gasteiger partial charge in [-0.15, -0.1) is 0 Å². The summed E-state index contributed by atoms with van der Waals surface area (Å²) in [7, 11) is 0. The van der Waals surface area contributed by atoms with Gasteiger partial charge in [0.15, 0.2) is 0 Å². The molecule has 1 saturated heterocycles. The van der Waals surface area contributed by atoms with E-state index >= 15 is 0 Å². The Morgan fingerprint density at radius 2 is 2.29 bits per heavy atom. The quantitative estimate of drug-likeness (QED) is 0.642. The Balaban J connectivity index is 2.02. The maximum atomic E-state index is 5.61. The largest absolute Gasteiger partial charge is 0.469 e. The van der Waals surface area contributed by atoms with Gasteiger partial charge in [-0.2, -0.15) is 0 Å². The third-order valence-electron chi connectivity index (χ3n) is 2.97. The van der Waals surface area contributed by atoms with E-state index in [9.17, 15) is 0 Å². The van der Waals surface area contributed by atoms with Gasteiger partial charge in [0, 0.05) is 26.4 Å². The minimum absolute atomic E-state index is 0.452. The van der Waals surface area contributed by atoms with Crippen LogP contribution in [-0.4, -0.2) is 29.9 Å². The number of nitrogens with zero attached hydrogens (tertiary/aromatic N) is 1. The summed E-state index contributed by atoms with van der Waals surface area (Å²) < 4.78 is 11.1. The van der Waals surface area contributed by atoms with Gasteiger partial charge in [0.05, 0.1) is 12.3 Å². The van der Waals surface area contributed by atoms with E-state index in [4.69, 9.17) is 9.47 Å². The van der Waals surface area contributed by atoms with Crippen molar-refractivity contribution in [3.8, 4) is 0 Å². The van der Waals surface area contributed by atoms with Crippen LogP contribution in [0.15, 0.2) is 12.0 Å². The van der Waals surface area contributed by atoms with Gasteiger partial charge < -0.3 is 14.4 Å². The van der Waals surface area contributed by atoms with E-state index in [2.05, 4.69) is 11.8 Å². The molecular weight excluding hydrogens is 178 g/mol. The predicted octanol–water partition coefficient (Wildman–Crippen LogP) is 2.09. The summed E-state index contributed by atoms with van der Waals surface area (Å²) in [4.78, 5) is 2.38. The molecular formula is C11H19NO2. The Labute approximate surface area is 85.7 Å². The highest BCUT2D eigenvalue weighted by Crippen LogP contribution is 2.27. The van der Waals surface area contributed by atoms with Gasteiger partial charge in [-0.05, 0) is 19.8 Å². The molecule has 0 aliphatic carbocycles. The summed E-state index contributed by atoms with van der Waals surface area (Å²) in [5, 5.41) is 0. The van der Waals surface area contributed by atoms with E-state index in [0.717, 1.165) is 6.54 Å². The zero-order chi connectivity index (χ0) is 10.2. The van der Waals surface area contributed by atoms with Crippen LogP contribution in [0.4, 0.5) is 0 Å². The van der Waals surface area contributed by atoms with Crippen LogP contribution >= 0.6 is 0 Å². The van der Waals surface area contributed by atoms with Gasteiger partial charge in [-0.1, -0.05) is 0 Å². The molecule has 80 valence electrons. The van der Waals surface area contributed by atoms with Crippen LogP contribution in [0.3, 0.4) is 0 Å². The van der Waals surface area contributed by atoms with Crippen molar-refractivity contribution in [3.05, 3.63) is 12.0 Å². The molecule has 0 spiro atoms. The van der Waals surface area contributed by atoms with Gasteiger partial charge in [0.1, 0.15) is 6.26 Å². The number of ether oxygens (including phenoxy) is 2. The number of hydrogen-bond acceptors (Lipinski definition) is 3.